The molecule has 0 fully saturated rings. The highest BCUT2D eigenvalue weighted by atomic mass is 16.3. The summed E-state index contributed by atoms with van der Waals surface area (Å²) >= 11 is 0. The van der Waals surface area contributed by atoms with Crippen LogP contribution in [0, 0.1) is 11.3 Å². The first-order valence-electron chi connectivity index (χ1n) is 6.63. The van der Waals surface area contributed by atoms with Gasteiger partial charge in [0.15, 0.2) is 0 Å². The van der Waals surface area contributed by atoms with Gasteiger partial charge in [-0.25, -0.2) is 0 Å². The molecule has 2 aromatic rings. The molecule has 0 aliphatic heterocycles. The highest BCUT2D eigenvalue weighted by Gasteiger charge is 2.23. The summed E-state index contributed by atoms with van der Waals surface area (Å²) in [6, 6.07) is 16.1. The van der Waals surface area contributed by atoms with Gasteiger partial charge in [0, 0.05) is 5.92 Å². The van der Waals surface area contributed by atoms with Crippen molar-refractivity contribution in [1.29, 1.82) is 5.26 Å². The minimum atomic E-state index is -0.273. The van der Waals surface area contributed by atoms with Crippen LogP contribution in [-0.4, -0.2) is 10.2 Å². The topological polar surface area (TPSA) is 64.2 Å². The number of aromatic hydroxyl groups is 2. The number of nitrogens with zero attached hydrogens (tertiary/aromatic N) is 1. The van der Waals surface area contributed by atoms with Gasteiger partial charge in [0.05, 0.1) is 12.0 Å². The maximum Gasteiger partial charge on any atom is 0.115 e. The predicted molar refractivity (Wildman–Crippen MR) is 77.6 cm³/mol. The Morgan fingerprint density at radius 2 is 1.35 bits per heavy atom. The number of hydrogen-bond acceptors (Lipinski definition) is 3. The zero-order valence-electron chi connectivity index (χ0n) is 11.3. The van der Waals surface area contributed by atoms with Crippen molar-refractivity contribution in [2.24, 2.45) is 0 Å². The number of rotatable bonds is 4. The van der Waals surface area contributed by atoms with Gasteiger partial charge in [-0.1, -0.05) is 31.2 Å². The quantitative estimate of drug-likeness (QED) is 0.883. The van der Waals surface area contributed by atoms with Gasteiger partial charge in [-0.3, -0.25) is 0 Å². The summed E-state index contributed by atoms with van der Waals surface area (Å²) in [5.41, 5.74) is 1.93. The summed E-state index contributed by atoms with van der Waals surface area (Å²) in [6.45, 7) is 2.04. The molecule has 0 unspecified atom stereocenters. The molecule has 0 radical (unpaired) electrons. The van der Waals surface area contributed by atoms with Gasteiger partial charge in [0.1, 0.15) is 11.5 Å². The lowest BCUT2D eigenvalue weighted by Crippen LogP contribution is -2.09. The van der Waals surface area contributed by atoms with Crippen molar-refractivity contribution in [3.8, 4) is 17.6 Å². The Balaban J connectivity index is 2.35. The van der Waals surface area contributed by atoms with Crippen LogP contribution in [0.2, 0.25) is 0 Å². The average Bonchev–Trinajstić information content (AvgIpc) is 2.47. The second-order valence-electron chi connectivity index (χ2n) is 4.80. The largest absolute Gasteiger partial charge is 0.508 e. The summed E-state index contributed by atoms with van der Waals surface area (Å²) < 4.78 is 0. The predicted octanol–water partition coefficient (Wildman–Crippen LogP) is 3.90. The molecule has 2 N–H and O–H groups in total. The molecule has 0 heterocycles. The molecular weight excluding hydrogens is 250 g/mol. The first kappa shape index (κ1) is 14.0. The van der Waals surface area contributed by atoms with Crippen molar-refractivity contribution in [2.45, 2.75) is 25.2 Å². The van der Waals surface area contributed by atoms with Crippen molar-refractivity contribution in [3.63, 3.8) is 0 Å². The van der Waals surface area contributed by atoms with E-state index in [0.717, 1.165) is 17.5 Å². The highest BCUT2D eigenvalue weighted by Crippen LogP contribution is 2.36. The maximum atomic E-state index is 9.50. The molecule has 0 aliphatic rings. The van der Waals surface area contributed by atoms with Crippen LogP contribution in [0.25, 0.3) is 0 Å². The second-order valence-corrected chi connectivity index (χ2v) is 4.80. The Hall–Kier alpha value is -2.47. The lowest BCUT2D eigenvalue weighted by atomic mass is 9.81. The number of benzene rings is 2. The van der Waals surface area contributed by atoms with Crippen LogP contribution >= 0.6 is 0 Å². The summed E-state index contributed by atoms with van der Waals surface area (Å²) in [6.07, 6.45) is 0.823. The molecule has 2 aromatic carbocycles. The summed E-state index contributed by atoms with van der Waals surface area (Å²) in [5, 5.41) is 28.2. The molecule has 0 spiro atoms. The third-order valence-corrected chi connectivity index (χ3v) is 3.55. The molecule has 2 rings (SSSR count). The van der Waals surface area contributed by atoms with E-state index in [4.69, 9.17) is 0 Å². The van der Waals surface area contributed by atoms with Crippen LogP contribution in [0.1, 0.15) is 36.3 Å². The fourth-order valence-electron chi connectivity index (χ4n) is 2.46. The van der Waals surface area contributed by atoms with E-state index in [0.29, 0.717) is 0 Å². The van der Waals surface area contributed by atoms with Crippen LogP contribution in [0.4, 0.5) is 0 Å². The molecule has 102 valence electrons. The van der Waals surface area contributed by atoms with Gasteiger partial charge in [0.25, 0.3) is 0 Å². The monoisotopic (exact) mass is 267 g/mol. The number of nitriles is 1. The van der Waals surface area contributed by atoms with E-state index in [1.54, 1.807) is 36.4 Å². The molecule has 20 heavy (non-hydrogen) atoms. The fourth-order valence-corrected chi connectivity index (χ4v) is 2.46. The second kappa shape index (κ2) is 6.12. The molecule has 3 nitrogen and oxygen atoms in total. The van der Waals surface area contributed by atoms with Crippen molar-refractivity contribution in [2.75, 3.05) is 0 Å². The lowest BCUT2D eigenvalue weighted by Gasteiger charge is -2.21. The van der Waals surface area contributed by atoms with Gasteiger partial charge >= 0.3 is 0 Å². The van der Waals surface area contributed by atoms with Gasteiger partial charge in [0.2, 0.25) is 0 Å². The van der Waals surface area contributed by atoms with E-state index in [2.05, 4.69) is 6.07 Å². The third kappa shape index (κ3) is 2.92. The van der Waals surface area contributed by atoms with Crippen molar-refractivity contribution in [3.05, 3.63) is 59.7 Å². The van der Waals surface area contributed by atoms with E-state index in [1.165, 1.54) is 0 Å². The van der Waals surface area contributed by atoms with E-state index in [9.17, 15) is 15.5 Å². The molecule has 0 saturated carbocycles. The zero-order valence-corrected chi connectivity index (χ0v) is 11.3. The molecule has 0 saturated heterocycles. The molecule has 0 aromatic heterocycles. The van der Waals surface area contributed by atoms with E-state index < -0.39 is 0 Å². The Morgan fingerprint density at radius 3 is 1.75 bits per heavy atom. The molecule has 2 atom stereocenters. The van der Waals surface area contributed by atoms with E-state index in [1.807, 2.05) is 19.1 Å². The number of phenols is 2. The fraction of sp³-hybridized carbons (Fsp3) is 0.235. The molecule has 0 amide bonds. The van der Waals surface area contributed by atoms with Gasteiger partial charge in [-0.05, 0) is 41.8 Å². The van der Waals surface area contributed by atoms with Crippen molar-refractivity contribution >= 4 is 0 Å². The summed E-state index contributed by atoms with van der Waals surface area (Å²) in [5.74, 6) is 0.208. The highest BCUT2D eigenvalue weighted by molar-refractivity contribution is 5.37. The first-order valence-corrected chi connectivity index (χ1v) is 6.63. The van der Waals surface area contributed by atoms with Crippen LogP contribution in [0.3, 0.4) is 0 Å². The standard InChI is InChI=1S/C17H17NO2/c1-2-16(12-3-7-14(19)8-4-12)17(11-18)13-5-9-15(20)10-6-13/h3-10,16-17,19-20H,2H2,1H3/t16-,17+/m1/s1. The van der Waals surface area contributed by atoms with Crippen molar-refractivity contribution < 1.29 is 10.2 Å². The Labute approximate surface area is 118 Å². The number of phenolic OH excluding ortho intramolecular Hbond substituents is 2. The normalized spacial score (nSPS) is 13.4. The smallest absolute Gasteiger partial charge is 0.115 e. The Kier molecular flexibility index (Phi) is 4.27. The van der Waals surface area contributed by atoms with E-state index in [-0.39, 0.29) is 23.3 Å². The lowest BCUT2D eigenvalue weighted by molar-refractivity contribution is 0.473. The van der Waals surface area contributed by atoms with Gasteiger partial charge in [-0.2, -0.15) is 5.26 Å². The van der Waals surface area contributed by atoms with Gasteiger partial charge < -0.3 is 10.2 Å². The van der Waals surface area contributed by atoms with E-state index >= 15 is 0 Å². The van der Waals surface area contributed by atoms with Crippen molar-refractivity contribution in [1.82, 2.24) is 0 Å². The minimum Gasteiger partial charge on any atom is -0.508 e. The SMILES string of the molecule is CC[C@H](c1ccc(O)cc1)[C@@H](C#N)c1ccc(O)cc1. The summed E-state index contributed by atoms with van der Waals surface area (Å²) in [7, 11) is 0. The molecular formula is C17H17NO2. The minimum absolute atomic E-state index is 0.0603. The Morgan fingerprint density at radius 1 is 0.900 bits per heavy atom. The zero-order chi connectivity index (χ0) is 14.5. The van der Waals surface area contributed by atoms with Gasteiger partial charge in [-0.15, -0.1) is 0 Å². The molecule has 0 bridgehead atoms. The first-order chi connectivity index (χ1) is 9.65. The molecule has 0 aliphatic carbocycles. The average molecular weight is 267 g/mol. The Bertz CT molecular complexity index is 596. The third-order valence-electron chi connectivity index (χ3n) is 3.55. The van der Waals surface area contributed by atoms with Crippen LogP contribution < -0.4 is 0 Å². The number of hydrogen-bond donors (Lipinski definition) is 2. The molecule has 3 heteroatoms. The summed E-state index contributed by atoms with van der Waals surface area (Å²) in [4.78, 5) is 0. The maximum absolute atomic E-state index is 9.50. The van der Waals surface area contributed by atoms with Crippen LogP contribution in [0.15, 0.2) is 48.5 Å². The van der Waals surface area contributed by atoms with Crippen LogP contribution in [0.5, 0.6) is 11.5 Å². The van der Waals surface area contributed by atoms with Crippen LogP contribution in [-0.2, 0) is 0 Å².